The van der Waals surface area contributed by atoms with Gasteiger partial charge >= 0.3 is 0 Å². The number of carbonyl (C=O) groups excluding carboxylic acids is 1. The lowest BCUT2D eigenvalue weighted by atomic mass is 9.96. The van der Waals surface area contributed by atoms with Gasteiger partial charge in [-0.3, -0.25) is 4.79 Å². The number of fused-ring (bicyclic) bond motifs is 1. The van der Waals surface area contributed by atoms with Crippen molar-refractivity contribution in [1.82, 2.24) is 5.32 Å². The first-order valence-corrected chi connectivity index (χ1v) is 8.30. The molecule has 0 saturated carbocycles. The number of nitrogens with two attached hydrogens (primary N) is 1. The van der Waals surface area contributed by atoms with Gasteiger partial charge in [-0.25, -0.2) is 13.6 Å². The summed E-state index contributed by atoms with van der Waals surface area (Å²) < 4.78 is 28.3. The molecule has 7 heteroatoms. The molecule has 0 radical (unpaired) electrons. The number of hydrogen-bond acceptors (Lipinski definition) is 4. The number of benzene rings is 1. The molecule has 0 spiro atoms. The van der Waals surface area contributed by atoms with Crippen LogP contribution < -0.4 is 15.2 Å². The number of rotatable bonds is 4. The maximum Gasteiger partial charge on any atom is 0.238 e. The molecular formula is C14H20N2O4S. The molecule has 116 valence electrons. The van der Waals surface area contributed by atoms with Crippen molar-refractivity contribution >= 4 is 15.9 Å². The van der Waals surface area contributed by atoms with Crippen LogP contribution >= 0.6 is 0 Å². The molecule has 3 N–H and O–H groups in total. The Hall–Kier alpha value is -1.60. The Labute approximate surface area is 124 Å². The summed E-state index contributed by atoms with van der Waals surface area (Å²) in [5.41, 5.74) is 0.239. The normalized spacial score (nSPS) is 18.0. The number of primary sulfonamides is 1. The minimum Gasteiger partial charge on any atom is -0.492 e. The van der Waals surface area contributed by atoms with Crippen molar-refractivity contribution in [1.29, 1.82) is 0 Å². The van der Waals surface area contributed by atoms with Crippen LogP contribution in [0.15, 0.2) is 23.1 Å². The molecule has 1 atom stereocenters. The third-order valence-electron chi connectivity index (χ3n) is 3.75. The van der Waals surface area contributed by atoms with Gasteiger partial charge in [0.25, 0.3) is 0 Å². The summed E-state index contributed by atoms with van der Waals surface area (Å²) in [5.74, 6) is -0.170. The Bertz CT molecular complexity index is 668. The summed E-state index contributed by atoms with van der Waals surface area (Å²) in [4.78, 5) is 12.4. The highest BCUT2D eigenvalue weighted by Crippen LogP contribution is 2.35. The molecule has 1 aromatic rings. The molecule has 21 heavy (non-hydrogen) atoms. The second-order valence-corrected chi connectivity index (χ2v) is 7.40. The molecule has 0 fully saturated rings. The largest absolute Gasteiger partial charge is 0.492 e. The van der Waals surface area contributed by atoms with E-state index in [9.17, 15) is 13.2 Å². The van der Waals surface area contributed by atoms with Crippen LogP contribution in [0.1, 0.15) is 38.7 Å². The number of sulfonamides is 1. The molecule has 6 nitrogen and oxygen atoms in total. The zero-order chi connectivity index (χ0) is 15.8. The van der Waals surface area contributed by atoms with Crippen molar-refractivity contribution < 1.29 is 17.9 Å². The quantitative estimate of drug-likeness (QED) is 0.870. The topological polar surface area (TPSA) is 98.5 Å². The van der Waals surface area contributed by atoms with Gasteiger partial charge in [-0.05, 0) is 38.5 Å². The van der Waals surface area contributed by atoms with Gasteiger partial charge in [-0.15, -0.1) is 0 Å². The van der Waals surface area contributed by atoms with Crippen molar-refractivity contribution in [3.05, 3.63) is 23.8 Å². The zero-order valence-corrected chi connectivity index (χ0v) is 13.2. The highest BCUT2D eigenvalue weighted by molar-refractivity contribution is 7.89. The van der Waals surface area contributed by atoms with E-state index in [4.69, 9.17) is 9.88 Å². The SMILES string of the molecule is CCC(C)(C)NC(=O)C1COc2ccc(S(N)(=O)=O)cc21. The highest BCUT2D eigenvalue weighted by Gasteiger charge is 2.33. The molecule has 0 aliphatic carbocycles. The molecular weight excluding hydrogens is 292 g/mol. The second kappa shape index (κ2) is 5.31. The van der Waals surface area contributed by atoms with Crippen molar-refractivity contribution in [2.24, 2.45) is 5.14 Å². The fourth-order valence-electron chi connectivity index (χ4n) is 2.10. The molecule has 1 aliphatic heterocycles. The first-order chi connectivity index (χ1) is 9.64. The van der Waals surface area contributed by atoms with Gasteiger partial charge in [-0.2, -0.15) is 0 Å². The number of carbonyl (C=O) groups is 1. The van der Waals surface area contributed by atoms with Crippen LogP contribution in [0.2, 0.25) is 0 Å². The Morgan fingerprint density at radius 1 is 1.48 bits per heavy atom. The Balaban J connectivity index is 2.31. The van der Waals surface area contributed by atoms with Crippen LogP contribution in [-0.2, 0) is 14.8 Å². The molecule has 0 bridgehead atoms. The third-order valence-corrected chi connectivity index (χ3v) is 4.66. The Kier molecular flexibility index (Phi) is 3.99. The smallest absolute Gasteiger partial charge is 0.238 e. The monoisotopic (exact) mass is 312 g/mol. The third kappa shape index (κ3) is 3.36. The maximum atomic E-state index is 12.4. The van der Waals surface area contributed by atoms with Gasteiger partial charge < -0.3 is 10.1 Å². The predicted octanol–water partition coefficient (Wildman–Crippen LogP) is 1.11. The lowest BCUT2D eigenvalue weighted by Gasteiger charge is -2.26. The Morgan fingerprint density at radius 3 is 2.71 bits per heavy atom. The molecule has 1 heterocycles. The number of amides is 1. The molecule has 2 rings (SSSR count). The van der Waals surface area contributed by atoms with Gasteiger partial charge in [0.05, 0.1) is 4.90 Å². The van der Waals surface area contributed by atoms with E-state index < -0.39 is 15.9 Å². The summed E-state index contributed by atoms with van der Waals surface area (Å²) in [6.45, 7) is 6.05. The van der Waals surface area contributed by atoms with Crippen molar-refractivity contribution in [3.8, 4) is 5.75 Å². The van der Waals surface area contributed by atoms with E-state index in [1.807, 2.05) is 20.8 Å². The Morgan fingerprint density at radius 2 is 2.14 bits per heavy atom. The summed E-state index contributed by atoms with van der Waals surface area (Å²) in [6, 6.07) is 4.33. The van der Waals surface area contributed by atoms with E-state index in [0.29, 0.717) is 11.3 Å². The molecule has 1 unspecified atom stereocenters. The van der Waals surface area contributed by atoms with E-state index in [0.717, 1.165) is 6.42 Å². The second-order valence-electron chi connectivity index (χ2n) is 5.83. The van der Waals surface area contributed by atoms with E-state index in [2.05, 4.69) is 5.32 Å². The van der Waals surface area contributed by atoms with Crippen molar-refractivity contribution in [3.63, 3.8) is 0 Å². The van der Waals surface area contributed by atoms with Crippen LogP contribution in [-0.4, -0.2) is 26.5 Å². The van der Waals surface area contributed by atoms with Crippen LogP contribution in [0.25, 0.3) is 0 Å². The first-order valence-electron chi connectivity index (χ1n) is 6.75. The van der Waals surface area contributed by atoms with Gasteiger partial charge in [0.2, 0.25) is 15.9 Å². The average molecular weight is 312 g/mol. The zero-order valence-electron chi connectivity index (χ0n) is 12.3. The van der Waals surface area contributed by atoms with Crippen LogP contribution in [0.5, 0.6) is 5.75 Å². The van der Waals surface area contributed by atoms with Crippen LogP contribution in [0.3, 0.4) is 0 Å². The maximum absolute atomic E-state index is 12.4. The van der Waals surface area contributed by atoms with E-state index in [1.54, 1.807) is 0 Å². The molecule has 1 aliphatic rings. The molecule has 0 aromatic heterocycles. The minimum atomic E-state index is -3.80. The predicted molar refractivity (Wildman–Crippen MR) is 78.6 cm³/mol. The number of ether oxygens (including phenoxy) is 1. The van der Waals surface area contributed by atoms with Gasteiger partial charge in [0, 0.05) is 11.1 Å². The first kappa shape index (κ1) is 15.8. The summed E-state index contributed by atoms with van der Waals surface area (Å²) in [7, 11) is -3.80. The van der Waals surface area contributed by atoms with Crippen molar-refractivity contribution in [2.45, 2.75) is 43.5 Å². The molecule has 1 amide bonds. The number of hydrogen-bond donors (Lipinski definition) is 2. The highest BCUT2D eigenvalue weighted by atomic mass is 32.2. The van der Waals surface area contributed by atoms with Crippen LogP contribution in [0.4, 0.5) is 0 Å². The fraction of sp³-hybridized carbons (Fsp3) is 0.500. The summed E-state index contributed by atoms with van der Waals surface area (Å²) >= 11 is 0. The van der Waals surface area contributed by atoms with E-state index in [-0.39, 0.29) is 22.9 Å². The van der Waals surface area contributed by atoms with E-state index >= 15 is 0 Å². The number of nitrogens with one attached hydrogen (secondary N) is 1. The van der Waals surface area contributed by atoms with Gasteiger partial charge in [0.1, 0.15) is 18.3 Å². The summed E-state index contributed by atoms with van der Waals surface area (Å²) in [5, 5.41) is 8.07. The van der Waals surface area contributed by atoms with Gasteiger partial charge in [-0.1, -0.05) is 6.92 Å². The standard InChI is InChI=1S/C14H20N2O4S/c1-4-14(2,3)16-13(17)11-8-20-12-6-5-9(7-10(11)12)21(15,18)19/h5-7,11H,4,8H2,1-3H3,(H,16,17)(H2,15,18,19). The van der Waals surface area contributed by atoms with Crippen LogP contribution in [0, 0.1) is 0 Å². The van der Waals surface area contributed by atoms with Gasteiger partial charge in [0.15, 0.2) is 0 Å². The lowest BCUT2D eigenvalue weighted by Crippen LogP contribution is -2.45. The molecule has 1 aromatic carbocycles. The molecule has 0 saturated heterocycles. The average Bonchev–Trinajstić information content (AvgIpc) is 2.80. The minimum absolute atomic E-state index is 0.0145. The van der Waals surface area contributed by atoms with Crippen molar-refractivity contribution in [2.75, 3.05) is 6.61 Å². The fourth-order valence-corrected chi connectivity index (χ4v) is 2.65. The lowest BCUT2D eigenvalue weighted by molar-refractivity contribution is -0.124. The summed E-state index contributed by atoms with van der Waals surface area (Å²) in [6.07, 6.45) is 0.788. The van der Waals surface area contributed by atoms with E-state index in [1.165, 1.54) is 18.2 Å².